The van der Waals surface area contributed by atoms with Crippen molar-refractivity contribution in [1.29, 1.82) is 5.26 Å². The van der Waals surface area contributed by atoms with E-state index < -0.39 is 0 Å². The third-order valence-electron chi connectivity index (χ3n) is 2.17. The van der Waals surface area contributed by atoms with Crippen molar-refractivity contribution in [2.24, 2.45) is 0 Å². The van der Waals surface area contributed by atoms with Crippen molar-refractivity contribution in [3.05, 3.63) is 23.3 Å². The average molecular weight is 200 g/mol. The van der Waals surface area contributed by atoms with E-state index in [9.17, 15) is 4.79 Å². The lowest BCUT2D eigenvalue weighted by molar-refractivity contribution is 0.101. The number of ketones is 1. The van der Waals surface area contributed by atoms with Crippen LogP contribution in [0.1, 0.15) is 22.8 Å². The molecule has 0 aliphatic carbocycles. The Hall–Kier alpha value is -1.76. The second-order valence-electron chi connectivity index (χ2n) is 3.24. The third kappa shape index (κ3) is 2.38. The van der Waals surface area contributed by atoms with Crippen molar-refractivity contribution in [1.82, 2.24) is 0 Å². The van der Waals surface area contributed by atoms with Gasteiger partial charge in [-0.2, -0.15) is 0 Å². The Morgan fingerprint density at radius 3 is 2.67 bits per heavy atom. The standard InChI is InChI=1S/C11H11BNO2/c1-7-4-10(12-6-13)9(8(2)14)5-11(7)15-3/h4-5H,1-3H3. The number of ether oxygens (including phenoxy) is 1. The highest BCUT2D eigenvalue weighted by Crippen LogP contribution is 2.17. The monoisotopic (exact) mass is 200 g/mol. The largest absolute Gasteiger partial charge is 0.496 e. The first kappa shape index (κ1) is 11.3. The zero-order valence-corrected chi connectivity index (χ0v) is 9.00. The Morgan fingerprint density at radius 1 is 1.53 bits per heavy atom. The van der Waals surface area contributed by atoms with Gasteiger partial charge < -0.3 is 4.74 Å². The smallest absolute Gasteiger partial charge is 0.292 e. The second kappa shape index (κ2) is 4.65. The third-order valence-corrected chi connectivity index (χ3v) is 2.17. The molecule has 4 heteroatoms. The minimum atomic E-state index is -0.0743. The summed E-state index contributed by atoms with van der Waals surface area (Å²) in [7, 11) is 2.92. The Bertz CT molecular complexity index is 435. The molecule has 0 bridgehead atoms. The molecular formula is C11H11BNO2. The molecule has 1 aromatic carbocycles. The van der Waals surface area contributed by atoms with Crippen molar-refractivity contribution in [2.75, 3.05) is 7.11 Å². The van der Waals surface area contributed by atoms with Crippen LogP contribution in [-0.4, -0.2) is 20.2 Å². The maximum Gasteiger partial charge on any atom is 0.292 e. The topological polar surface area (TPSA) is 50.1 Å². The van der Waals surface area contributed by atoms with Crippen molar-refractivity contribution >= 4 is 18.5 Å². The van der Waals surface area contributed by atoms with E-state index in [1.165, 1.54) is 14.2 Å². The SMILES string of the molecule is COc1cc(C(C)=O)c([B]C#N)cc1C. The Labute approximate surface area is 89.9 Å². The molecule has 0 fully saturated rings. The molecule has 1 rings (SSSR count). The Balaban J connectivity index is 3.33. The van der Waals surface area contributed by atoms with Gasteiger partial charge in [-0.3, -0.25) is 4.79 Å². The summed E-state index contributed by atoms with van der Waals surface area (Å²) in [5.41, 5.74) is 2.06. The zero-order chi connectivity index (χ0) is 11.4. The summed E-state index contributed by atoms with van der Waals surface area (Å²) in [6.45, 7) is 3.34. The normalized spacial score (nSPS) is 9.20. The minimum Gasteiger partial charge on any atom is -0.496 e. The van der Waals surface area contributed by atoms with Gasteiger partial charge >= 0.3 is 0 Å². The molecule has 0 atom stereocenters. The lowest BCUT2D eigenvalue weighted by atomic mass is 9.69. The predicted octanol–water partition coefficient (Wildman–Crippen LogP) is 1.02. The fourth-order valence-corrected chi connectivity index (χ4v) is 1.42. The number of aryl methyl sites for hydroxylation is 1. The second-order valence-corrected chi connectivity index (χ2v) is 3.24. The van der Waals surface area contributed by atoms with Crippen LogP contribution >= 0.6 is 0 Å². The molecule has 0 saturated heterocycles. The van der Waals surface area contributed by atoms with Crippen LogP contribution in [0.4, 0.5) is 0 Å². The van der Waals surface area contributed by atoms with Crippen LogP contribution in [0.3, 0.4) is 0 Å². The van der Waals surface area contributed by atoms with E-state index in [4.69, 9.17) is 10.00 Å². The van der Waals surface area contributed by atoms with Crippen LogP contribution in [0.15, 0.2) is 12.1 Å². The van der Waals surface area contributed by atoms with Crippen molar-refractivity contribution < 1.29 is 9.53 Å². The van der Waals surface area contributed by atoms with Crippen LogP contribution in [0.2, 0.25) is 0 Å². The van der Waals surface area contributed by atoms with Gasteiger partial charge in [-0.1, -0.05) is 11.5 Å². The van der Waals surface area contributed by atoms with E-state index in [2.05, 4.69) is 0 Å². The van der Waals surface area contributed by atoms with E-state index in [0.717, 1.165) is 5.56 Å². The highest BCUT2D eigenvalue weighted by molar-refractivity contribution is 6.62. The average Bonchev–Trinajstić information content (AvgIpc) is 2.18. The maximum absolute atomic E-state index is 11.3. The number of benzene rings is 1. The Kier molecular flexibility index (Phi) is 3.51. The minimum absolute atomic E-state index is 0.0743. The molecule has 3 nitrogen and oxygen atoms in total. The quantitative estimate of drug-likeness (QED) is 0.540. The van der Waals surface area contributed by atoms with E-state index in [1.807, 2.05) is 12.9 Å². The first-order chi connectivity index (χ1) is 7.10. The van der Waals surface area contributed by atoms with Crippen LogP contribution in [0, 0.1) is 18.2 Å². The highest BCUT2D eigenvalue weighted by Gasteiger charge is 2.11. The van der Waals surface area contributed by atoms with Crippen LogP contribution in [0.25, 0.3) is 0 Å². The van der Waals surface area contributed by atoms with Gasteiger partial charge in [-0.25, -0.2) is 5.26 Å². The molecule has 0 heterocycles. The molecule has 15 heavy (non-hydrogen) atoms. The number of methoxy groups -OCH3 is 1. The molecule has 0 aromatic heterocycles. The molecule has 0 aliphatic heterocycles. The van der Waals surface area contributed by atoms with E-state index in [1.54, 1.807) is 19.2 Å². The van der Waals surface area contributed by atoms with Gasteiger partial charge in [-0.15, -0.1) is 0 Å². The molecule has 75 valence electrons. The van der Waals surface area contributed by atoms with Gasteiger partial charge in [0.1, 0.15) is 5.75 Å². The van der Waals surface area contributed by atoms with Gasteiger partial charge in [-0.05, 0) is 25.5 Å². The Morgan fingerprint density at radius 2 is 2.20 bits per heavy atom. The molecular weight excluding hydrogens is 189 g/mol. The lowest BCUT2D eigenvalue weighted by Gasteiger charge is -2.09. The van der Waals surface area contributed by atoms with Crippen LogP contribution < -0.4 is 10.2 Å². The molecule has 0 unspecified atom stereocenters. The number of carbonyl (C=O) groups is 1. The van der Waals surface area contributed by atoms with E-state index in [-0.39, 0.29) is 5.78 Å². The summed E-state index contributed by atoms with van der Waals surface area (Å²) in [6.07, 6.45) is 0. The molecule has 0 spiro atoms. The van der Waals surface area contributed by atoms with Gasteiger partial charge in [0.05, 0.1) is 7.11 Å². The summed E-state index contributed by atoms with van der Waals surface area (Å²) in [4.78, 5) is 11.3. The predicted molar refractivity (Wildman–Crippen MR) is 58.7 cm³/mol. The van der Waals surface area contributed by atoms with Gasteiger partial charge in [0.25, 0.3) is 7.28 Å². The number of rotatable bonds is 3. The van der Waals surface area contributed by atoms with Crippen molar-refractivity contribution in [3.63, 3.8) is 0 Å². The number of carbonyl (C=O) groups excluding carboxylic acids is 1. The van der Waals surface area contributed by atoms with Crippen LogP contribution in [0.5, 0.6) is 5.75 Å². The van der Waals surface area contributed by atoms with Gasteiger partial charge in [0.2, 0.25) is 0 Å². The summed E-state index contributed by atoms with van der Waals surface area (Å²) in [5.74, 6) is 2.51. The summed E-state index contributed by atoms with van der Waals surface area (Å²) >= 11 is 0. The molecule has 1 radical (unpaired) electrons. The lowest BCUT2D eigenvalue weighted by Crippen LogP contribution is -2.21. The zero-order valence-electron chi connectivity index (χ0n) is 9.00. The number of Topliss-reactive ketones (excluding diaryl/α,β-unsaturated/α-hetero) is 1. The summed E-state index contributed by atoms with van der Waals surface area (Å²) in [6, 6.07) is 3.44. The fraction of sp³-hybridized carbons (Fsp3) is 0.273. The van der Waals surface area contributed by atoms with Crippen molar-refractivity contribution in [2.45, 2.75) is 13.8 Å². The summed E-state index contributed by atoms with van der Waals surface area (Å²) < 4.78 is 5.12. The number of hydrogen-bond acceptors (Lipinski definition) is 3. The molecule has 1 aromatic rings. The molecule has 0 saturated carbocycles. The fourth-order valence-electron chi connectivity index (χ4n) is 1.42. The number of nitrogens with zero attached hydrogens (tertiary/aromatic N) is 1. The van der Waals surface area contributed by atoms with E-state index >= 15 is 0 Å². The van der Waals surface area contributed by atoms with Crippen molar-refractivity contribution in [3.8, 4) is 11.7 Å². The molecule has 0 amide bonds. The first-order valence-electron chi connectivity index (χ1n) is 4.52. The van der Waals surface area contributed by atoms with Gasteiger partial charge in [0, 0.05) is 11.5 Å². The number of hydrogen-bond donors (Lipinski definition) is 0. The van der Waals surface area contributed by atoms with E-state index in [0.29, 0.717) is 16.8 Å². The maximum atomic E-state index is 11.3. The molecule has 0 aliphatic rings. The first-order valence-corrected chi connectivity index (χ1v) is 4.52. The summed E-state index contributed by atoms with van der Waals surface area (Å²) in [5, 5.41) is 8.60. The number of nitriles is 1. The molecule has 0 N–H and O–H groups in total. The van der Waals surface area contributed by atoms with Crippen LogP contribution in [-0.2, 0) is 0 Å². The van der Waals surface area contributed by atoms with Gasteiger partial charge in [0.15, 0.2) is 5.78 Å². The highest BCUT2D eigenvalue weighted by atomic mass is 16.5.